The lowest BCUT2D eigenvalue weighted by atomic mass is 9.95. The predicted molar refractivity (Wildman–Crippen MR) is 80.4 cm³/mol. The van der Waals surface area contributed by atoms with Crippen LogP contribution < -0.4 is 5.32 Å². The summed E-state index contributed by atoms with van der Waals surface area (Å²) >= 11 is 0. The van der Waals surface area contributed by atoms with Crippen LogP contribution in [0.4, 0.5) is 0 Å². The third kappa shape index (κ3) is 2.44. The van der Waals surface area contributed by atoms with E-state index in [2.05, 4.69) is 48.5 Å². The smallest absolute Gasteiger partial charge is 0.0478 e. The molecule has 104 valence electrons. The third-order valence-electron chi connectivity index (χ3n) is 5.06. The number of hydrogen-bond acceptors (Lipinski definition) is 2. The number of likely N-dealkylation sites (N-methyl/N-ethyl adjacent to an activating group) is 1. The van der Waals surface area contributed by atoms with Gasteiger partial charge in [-0.2, -0.15) is 0 Å². The van der Waals surface area contributed by atoms with Crippen molar-refractivity contribution in [2.45, 2.75) is 57.2 Å². The van der Waals surface area contributed by atoms with Gasteiger partial charge in [0.15, 0.2) is 0 Å². The van der Waals surface area contributed by atoms with Crippen LogP contribution in [0.1, 0.15) is 49.8 Å². The van der Waals surface area contributed by atoms with Crippen LogP contribution >= 0.6 is 0 Å². The number of fused-ring (bicyclic) bond motifs is 1. The monoisotopic (exact) mass is 258 g/mol. The van der Waals surface area contributed by atoms with Gasteiger partial charge in [-0.1, -0.05) is 24.3 Å². The molecule has 1 aliphatic heterocycles. The molecule has 3 atom stereocenters. The minimum Gasteiger partial charge on any atom is -0.312 e. The van der Waals surface area contributed by atoms with Crippen molar-refractivity contribution in [3.8, 4) is 0 Å². The molecular weight excluding hydrogens is 232 g/mol. The van der Waals surface area contributed by atoms with Crippen molar-refractivity contribution < 1.29 is 0 Å². The van der Waals surface area contributed by atoms with E-state index >= 15 is 0 Å². The van der Waals surface area contributed by atoms with Gasteiger partial charge in [0.05, 0.1) is 0 Å². The average molecular weight is 258 g/mol. The number of rotatable bonds is 2. The fourth-order valence-corrected chi connectivity index (χ4v) is 4.09. The van der Waals surface area contributed by atoms with Crippen LogP contribution in [0.2, 0.25) is 0 Å². The highest BCUT2D eigenvalue weighted by atomic mass is 15.2. The van der Waals surface area contributed by atoms with Crippen LogP contribution in [0.3, 0.4) is 0 Å². The molecule has 1 N–H and O–H groups in total. The first kappa shape index (κ1) is 13.1. The normalized spacial score (nSPS) is 32.0. The van der Waals surface area contributed by atoms with Gasteiger partial charge in [-0.05, 0) is 63.7 Å². The molecule has 0 aromatic heterocycles. The molecule has 3 unspecified atom stereocenters. The van der Waals surface area contributed by atoms with Gasteiger partial charge in [-0.3, -0.25) is 4.90 Å². The third-order valence-corrected chi connectivity index (χ3v) is 5.06. The first-order chi connectivity index (χ1) is 9.31. The van der Waals surface area contributed by atoms with Gasteiger partial charge in [0, 0.05) is 18.1 Å². The Labute approximate surface area is 117 Å². The first-order valence-electron chi connectivity index (χ1n) is 7.82. The summed E-state index contributed by atoms with van der Waals surface area (Å²) in [6.07, 6.45) is 6.63. The summed E-state index contributed by atoms with van der Waals surface area (Å²) in [4.78, 5) is 2.75. The molecule has 0 amide bonds. The van der Waals surface area contributed by atoms with E-state index in [0.29, 0.717) is 12.1 Å². The molecule has 1 aliphatic carbocycles. The maximum absolute atomic E-state index is 3.61. The molecule has 2 aliphatic rings. The maximum Gasteiger partial charge on any atom is 0.0478 e. The van der Waals surface area contributed by atoms with E-state index < -0.39 is 0 Å². The van der Waals surface area contributed by atoms with Crippen molar-refractivity contribution in [2.75, 3.05) is 13.6 Å². The summed E-state index contributed by atoms with van der Waals surface area (Å²) in [7, 11) is 2.13. The van der Waals surface area contributed by atoms with Crippen molar-refractivity contribution in [2.24, 2.45) is 0 Å². The van der Waals surface area contributed by atoms with Gasteiger partial charge >= 0.3 is 0 Å². The summed E-state index contributed by atoms with van der Waals surface area (Å²) in [5.41, 5.74) is 3.09. The fraction of sp³-hybridized carbons (Fsp3) is 0.647. The second-order valence-corrected chi connectivity index (χ2v) is 6.15. The average Bonchev–Trinajstić information content (AvgIpc) is 2.76. The summed E-state index contributed by atoms with van der Waals surface area (Å²) < 4.78 is 0. The molecule has 1 saturated heterocycles. The SMILES string of the molecule is CNC1c2ccccc2CCCC1N1CCCC1C. The Morgan fingerprint density at radius 1 is 1.16 bits per heavy atom. The van der Waals surface area contributed by atoms with E-state index in [1.54, 1.807) is 5.56 Å². The van der Waals surface area contributed by atoms with Crippen molar-refractivity contribution in [3.05, 3.63) is 35.4 Å². The Balaban J connectivity index is 1.93. The molecule has 2 nitrogen and oxygen atoms in total. The molecule has 0 saturated carbocycles. The van der Waals surface area contributed by atoms with Crippen LogP contribution in [-0.2, 0) is 6.42 Å². The number of benzene rings is 1. The van der Waals surface area contributed by atoms with E-state index in [-0.39, 0.29) is 0 Å². The molecule has 1 aromatic rings. The molecule has 2 heteroatoms. The summed E-state index contributed by atoms with van der Waals surface area (Å²) in [5.74, 6) is 0. The van der Waals surface area contributed by atoms with E-state index in [1.165, 1.54) is 44.2 Å². The number of nitrogens with one attached hydrogen (secondary N) is 1. The molecule has 0 spiro atoms. The minimum absolute atomic E-state index is 0.499. The Bertz CT molecular complexity index is 429. The predicted octanol–water partition coefficient (Wildman–Crippen LogP) is 3.14. The highest BCUT2D eigenvalue weighted by Crippen LogP contribution is 2.34. The highest BCUT2D eigenvalue weighted by Gasteiger charge is 2.35. The lowest BCUT2D eigenvalue weighted by Gasteiger charge is -2.36. The number of nitrogens with zero attached hydrogens (tertiary/aromatic N) is 1. The van der Waals surface area contributed by atoms with Gasteiger partial charge in [-0.15, -0.1) is 0 Å². The Morgan fingerprint density at radius 3 is 2.74 bits per heavy atom. The highest BCUT2D eigenvalue weighted by molar-refractivity contribution is 5.32. The van der Waals surface area contributed by atoms with Gasteiger partial charge in [-0.25, -0.2) is 0 Å². The lowest BCUT2D eigenvalue weighted by molar-refractivity contribution is 0.145. The van der Waals surface area contributed by atoms with Crippen LogP contribution in [0, 0.1) is 0 Å². The van der Waals surface area contributed by atoms with Gasteiger partial charge in [0.1, 0.15) is 0 Å². The largest absolute Gasteiger partial charge is 0.312 e. The van der Waals surface area contributed by atoms with Crippen molar-refractivity contribution in [1.29, 1.82) is 0 Å². The van der Waals surface area contributed by atoms with Gasteiger partial charge in [0.2, 0.25) is 0 Å². The molecular formula is C17H26N2. The number of aryl methyl sites for hydroxylation is 1. The van der Waals surface area contributed by atoms with E-state index in [1.807, 2.05) is 0 Å². The molecule has 19 heavy (non-hydrogen) atoms. The summed E-state index contributed by atoms with van der Waals surface area (Å²) in [6, 6.07) is 10.9. The molecule has 1 aromatic carbocycles. The zero-order chi connectivity index (χ0) is 13.2. The summed E-state index contributed by atoms with van der Waals surface area (Å²) in [5, 5.41) is 3.61. The quantitative estimate of drug-likeness (QED) is 0.820. The van der Waals surface area contributed by atoms with Crippen LogP contribution in [0.5, 0.6) is 0 Å². The van der Waals surface area contributed by atoms with Crippen LogP contribution in [0.15, 0.2) is 24.3 Å². The van der Waals surface area contributed by atoms with Crippen molar-refractivity contribution >= 4 is 0 Å². The maximum atomic E-state index is 3.61. The zero-order valence-electron chi connectivity index (χ0n) is 12.2. The van der Waals surface area contributed by atoms with Crippen LogP contribution in [0.25, 0.3) is 0 Å². The molecule has 0 bridgehead atoms. The number of likely N-dealkylation sites (tertiary alicyclic amines) is 1. The van der Waals surface area contributed by atoms with Gasteiger partial charge < -0.3 is 5.32 Å². The standard InChI is InChI=1S/C17H26N2/c1-13-7-6-12-19(13)16-11-5-9-14-8-3-4-10-15(14)17(16)18-2/h3-4,8,10,13,16-18H,5-7,9,11-12H2,1-2H3. The minimum atomic E-state index is 0.499. The second-order valence-electron chi connectivity index (χ2n) is 6.15. The molecule has 1 heterocycles. The molecule has 1 fully saturated rings. The van der Waals surface area contributed by atoms with Crippen molar-refractivity contribution in [1.82, 2.24) is 10.2 Å². The lowest BCUT2D eigenvalue weighted by Crippen LogP contribution is -2.45. The topological polar surface area (TPSA) is 15.3 Å². The zero-order valence-corrected chi connectivity index (χ0v) is 12.2. The fourth-order valence-electron chi connectivity index (χ4n) is 4.09. The van der Waals surface area contributed by atoms with Gasteiger partial charge in [0.25, 0.3) is 0 Å². The molecule has 3 rings (SSSR count). The Morgan fingerprint density at radius 2 is 2.00 bits per heavy atom. The van der Waals surface area contributed by atoms with Crippen LogP contribution in [-0.4, -0.2) is 30.6 Å². The van der Waals surface area contributed by atoms with E-state index in [9.17, 15) is 0 Å². The van der Waals surface area contributed by atoms with E-state index in [0.717, 1.165) is 6.04 Å². The Hall–Kier alpha value is -0.860. The van der Waals surface area contributed by atoms with E-state index in [4.69, 9.17) is 0 Å². The summed E-state index contributed by atoms with van der Waals surface area (Å²) in [6.45, 7) is 3.68. The second kappa shape index (κ2) is 5.64. The first-order valence-corrected chi connectivity index (χ1v) is 7.82. The Kier molecular flexibility index (Phi) is 3.90. The van der Waals surface area contributed by atoms with Crippen molar-refractivity contribution in [3.63, 3.8) is 0 Å². The number of hydrogen-bond donors (Lipinski definition) is 1. The molecule has 0 radical (unpaired) electrons.